The van der Waals surface area contributed by atoms with Crippen LogP contribution >= 0.6 is 11.6 Å². The van der Waals surface area contributed by atoms with Gasteiger partial charge in [0.05, 0.1) is 10.6 Å². The van der Waals surface area contributed by atoms with E-state index in [1.807, 2.05) is 57.2 Å². The number of amides is 2. The van der Waals surface area contributed by atoms with Gasteiger partial charge in [-0.2, -0.15) is 0 Å². The van der Waals surface area contributed by atoms with Gasteiger partial charge in [0.15, 0.2) is 0 Å². The Morgan fingerprint density at radius 2 is 1.35 bits per heavy atom. The number of nitrogens with zero attached hydrogens (tertiary/aromatic N) is 2. The molecular formula is C34H36ClN3O4S. The van der Waals surface area contributed by atoms with Crippen LogP contribution in [-0.2, 0) is 32.6 Å². The highest BCUT2D eigenvalue weighted by molar-refractivity contribution is 7.92. The summed E-state index contributed by atoms with van der Waals surface area (Å²) in [5.74, 6) is -0.878. The van der Waals surface area contributed by atoms with Crippen molar-refractivity contribution in [2.24, 2.45) is 0 Å². The molecule has 0 unspecified atom stereocenters. The molecule has 0 radical (unpaired) electrons. The Kier molecular flexibility index (Phi) is 10.3. The zero-order valence-corrected chi connectivity index (χ0v) is 26.1. The quantitative estimate of drug-likeness (QED) is 0.221. The number of para-hydroxylation sites is 1. The standard InChI is InChI=1S/C34H36ClN3O4S/c1-34(2,3)36-33(40)31(23-26-14-7-4-8-15-26)37(24-27-16-13-17-28(35)22-27)32(39)25-38(29-18-9-5-10-19-29)43(41,42)30-20-11-6-12-21-30/h4-22,31H,23-25H2,1-3H3,(H,36,40)/t31-/m1/s1. The lowest BCUT2D eigenvalue weighted by Gasteiger charge is -2.35. The van der Waals surface area contributed by atoms with Crippen LogP contribution in [0.3, 0.4) is 0 Å². The van der Waals surface area contributed by atoms with Gasteiger partial charge in [0.1, 0.15) is 12.6 Å². The van der Waals surface area contributed by atoms with E-state index in [0.717, 1.165) is 9.87 Å². The van der Waals surface area contributed by atoms with Gasteiger partial charge in [0.2, 0.25) is 11.8 Å². The highest BCUT2D eigenvalue weighted by Crippen LogP contribution is 2.25. The molecule has 0 aliphatic carbocycles. The fourth-order valence-electron chi connectivity index (χ4n) is 4.68. The fourth-order valence-corrected chi connectivity index (χ4v) is 6.33. The Hall–Kier alpha value is -4.14. The smallest absolute Gasteiger partial charge is 0.264 e. The summed E-state index contributed by atoms with van der Waals surface area (Å²) in [7, 11) is -4.13. The van der Waals surface area contributed by atoms with Gasteiger partial charge in [-0.25, -0.2) is 8.42 Å². The maximum Gasteiger partial charge on any atom is 0.264 e. The summed E-state index contributed by atoms with van der Waals surface area (Å²) < 4.78 is 29.0. The zero-order chi connectivity index (χ0) is 31.0. The number of benzene rings is 4. The van der Waals surface area contributed by atoms with Crippen LogP contribution in [0.4, 0.5) is 5.69 Å². The summed E-state index contributed by atoms with van der Waals surface area (Å²) in [6.07, 6.45) is 0.228. The van der Waals surface area contributed by atoms with Gasteiger partial charge in [-0.1, -0.05) is 90.5 Å². The molecule has 43 heavy (non-hydrogen) atoms. The van der Waals surface area contributed by atoms with E-state index in [1.165, 1.54) is 17.0 Å². The van der Waals surface area contributed by atoms with Crippen LogP contribution in [0.2, 0.25) is 5.02 Å². The summed E-state index contributed by atoms with van der Waals surface area (Å²) in [6, 6.07) is 32.0. The van der Waals surface area contributed by atoms with Crippen molar-refractivity contribution in [1.82, 2.24) is 10.2 Å². The molecule has 4 aromatic rings. The molecule has 0 aliphatic heterocycles. The molecule has 4 rings (SSSR count). The molecule has 0 aliphatic rings. The van der Waals surface area contributed by atoms with E-state index in [1.54, 1.807) is 66.7 Å². The van der Waals surface area contributed by atoms with Crippen LogP contribution in [0, 0.1) is 0 Å². The number of hydrogen-bond acceptors (Lipinski definition) is 4. The maximum absolute atomic E-state index is 14.4. The molecule has 9 heteroatoms. The number of anilines is 1. The van der Waals surface area contributed by atoms with Crippen LogP contribution in [0.1, 0.15) is 31.9 Å². The van der Waals surface area contributed by atoms with Crippen molar-refractivity contribution in [3.8, 4) is 0 Å². The predicted molar refractivity (Wildman–Crippen MR) is 171 cm³/mol. The first kappa shape index (κ1) is 31.8. The second-order valence-electron chi connectivity index (χ2n) is 11.3. The third-order valence-corrected chi connectivity index (χ3v) is 8.69. The highest BCUT2D eigenvalue weighted by Gasteiger charge is 2.35. The van der Waals surface area contributed by atoms with Crippen LogP contribution in [0.15, 0.2) is 120 Å². The molecule has 0 heterocycles. The molecule has 224 valence electrons. The molecule has 0 spiro atoms. The average molecular weight is 618 g/mol. The first-order chi connectivity index (χ1) is 20.4. The van der Waals surface area contributed by atoms with Gasteiger partial charge in [-0.05, 0) is 68.3 Å². The molecule has 1 N–H and O–H groups in total. The maximum atomic E-state index is 14.4. The Morgan fingerprint density at radius 3 is 1.93 bits per heavy atom. The minimum Gasteiger partial charge on any atom is -0.350 e. The van der Waals surface area contributed by atoms with E-state index < -0.39 is 34.1 Å². The Labute approximate surface area is 259 Å². The van der Waals surface area contributed by atoms with Gasteiger partial charge in [0.25, 0.3) is 10.0 Å². The Bertz CT molecular complexity index is 1630. The van der Waals surface area contributed by atoms with E-state index in [0.29, 0.717) is 16.3 Å². The minimum absolute atomic E-state index is 0.0441. The summed E-state index contributed by atoms with van der Waals surface area (Å²) >= 11 is 6.29. The monoisotopic (exact) mass is 617 g/mol. The fraction of sp³-hybridized carbons (Fsp3) is 0.235. The number of rotatable bonds is 11. The van der Waals surface area contributed by atoms with E-state index in [2.05, 4.69) is 5.32 Å². The molecule has 0 fully saturated rings. The number of carbonyl (C=O) groups is 2. The van der Waals surface area contributed by atoms with Crippen molar-refractivity contribution in [2.75, 3.05) is 10.8 Å². The van der Waals surface area contributed by atoms with Crippen LogP contribution in [-0.4, -0.2) is 43.3 Å². The van der Waals surface area contributed by atoms with Crippen molar-refractivity contribution in [3.05, 3.63) is 131 Å². The van der Waals surface area contributed by atoms with E-state index in [4.69, 9.17) is 11.6 Å². The van der Waals surface area contributed by atoms with Crippen molar-refractivity contribution in [1.29, 1.82) is 0 Å². The highest BCUT2D eigenvalue weighted by atomic mass is 35.5. The Morgan fingerprint density at radius 1 is 0.791 bits per heavy atom. The zero-order valence-electron chi connectivity index (χ0n) is 24.5. The van der Waals surface area contributed by atoms with Crippen molar-refractivity contribution >= 4 is 39.1 Å². The lowest BCUT2D eigenvalue weighted by atomic mass is 10.0. The second kappa shape index (κ2) is 13.9. The Balaban J connectivity index is 1.80. The van der Waals surface area contributed by atoms with E-state index in [9.17, 15) is 18.0 Å². The number of sulfonamides is 1. The molecule has 1 atom stereocenters. The molecule has 0 saturated carbocycles. The van der Waals surface area contributed by atoms with E-state index >= 15 is 0 Å². The molecule has 2 amide bonds. The molecule has 4 aromatic carbocycles. The third-order valence-electron chi connectivity index (χ3n) is 6.67. The SMILES string of the molecule is CC(C)(C)NC(=O)[C@@H](Cc1ccccc1)N(Cc1cccc(Cl)c1)C(=O)CN(c1ccccc1)S(=O)(=O)c1ccccc1. The van der Waals surface area contributed by atoms with Crippen LogP contribution in [0.25, 0.3) is 0 Å². The number of hydrogen-bond donors (Lipinski definition) is 1. The summed E-state index contributed by atoms with van der Waals surface area (Å²) in [4.78, 5) is 29.8. The van der Waals surface area contributed by atoms with Crippen molar-refractivity contribution < 1.29 is 18.0 Å². The normalized spacial score (nSPS) is 12.3. The second-order valence-corrected chi connectivity index (χ2v) is 13.6. The van der Waals surface area contributed by atoms with Crippen molar-refractivity contribution in [3.63, 3.8) is 0 Å². The van der Waals surface area contributed by atoms with Gasteiger partial charge >= 0.3 is 0 Å². The first-order valence-electron chi connectivity index (χ1n) is 14.0. The van der Waals surface area contributed by atoms with Crippen molar-refractivity contribution in [2.45, 2.75) is 50.2 Å². The number of carbonyl (C=O) groups excluding carboxylic acids is 2. The average Bonchev–Trinajstić information content (AvgIpc) is 2.98. The molecule has 7 nitrogen and oxygen atoms in total. The van der Waals surface area contributed by atoms with Crippen LogP contribution in [0.5, 0.6) is 0 Å². The largest absolute Gasteiger partial charge is 0.350 e. The van der Waals surface area contributed by atoms with Gasteiger partial charge in [-0.15, -0.1) is 0 Å². The third kappa shape index (κ3) is 8.69. The number of nitrogens with one attached hydrogen (secondary N) is 1. The molecular weight excluding hydrogens is 582 g/mol. The molecule has 0 saturated heterocycles. The first-order valence-corrected chi connectivity index (χ1v) is 15.8. The summed E-state index contributed by atoms with van der Waals surface area (Å²) in [5.41, 5.74) is 1.34. The summed E-state index contributed by atoms with van der Waals surface area (Å²) in [6.45, 7) is 5.14. The lowest BCUT2D eigenvalue weighted by molar-refractivity contribution is -0.140. The minimum atomic E-state index is -4.13. The molecule has 0 aromatic heterocycles. The lowest BCUT2D eigenvalue weighted by Crippen LogP contribution is -2.56. The predicted octanol–water partition coefficient (Wildman–Crippen LogP) is 6.09. The molecule has 0 bridgehead atoms. The van der Waals surface area contributed by atoms with Gasteiger partial charge < -0.3 is 10.2 Å². The van der Waals surface area contributed by atoms with Gasteiger partial charge in [-0.3, -0.25) is 13.9 Å². The summed E-state index contributed by atoms with van der Waals surface area (Å²) in [5, 5.41) is 3.51. The van der Waals surface area contributed by atoms with Crippen LogP contribution < -0.4 is 9.62 Å². The van der Waals surface area contributed by atoms with Gasteiger partial charge in [0, 0.05) is 23.5 Å². The topological polar surface area (TPSA) is 86.8 Å². The van der Waals surface area contributed by atoms with E-state index in [-0.39, 0.29) is 23.8 Å². The number of halogens is 1.